The SMILES string of the molecule is COc1ccc2nc(-c3ccc(-c4ccc(Cl)cc4)o3)[nH]c2c1. The molecular weight excluding hydrogens is 312 g/mol. The molecule has 0 aliphatic carbocycles. The monoisotopic (exact) mass is 324 g/mol. The van der Waals surface area contributed by atoms with Crippen LogP contribution in [-0.2, 0) is 0 Å². The summed E-state index contributed by atoms with van der Waals surface area (Å²) in [5.74, 6) is 2.93. The number of ether oxygens (including phenoxy) is 1. The quantitative estimate of drug-likeness (QED) is 0.567. The summed E-state index contributed by atoms with van der Waals surface area (Å²) >= 11 is 5.91. The van der Waals surface area contributed by atoms with E-state index in [-0.39, 0.29) is 0 Å². The molecule has 0 fully saturated rings. The van der Waals surface area contributed by atoms with Gasteiger partial charge in [-0.1, -0.05) is 11.6 Å². The molecule has 0 amide bonds. The van der Waals surface area contributed by atoms with E-state index in [1.54, 1.807) is 7.11 Å². The van der Waals surface area contributed by atoms with Crippen molar-refractivity contribution in [3.63, 3.8) is 0 Å². The second-order valence-electron chi connectivity index (χ2n) is 5.14. The molecule has 1 N–H and O–H groups in total. The number of H-pyrrole nitrogens is 1. The highest BCUT2D eigenvalue weighted by Crippen LogP contribution is 2.29. The smallest absolute Gasteiger partial charge is 0.174 e. The third-order valence-corrected chi connectivity index (χ3v) is 3.91. The van der Waals surface area contributed by atoms with Crippen LogP contribution in [0.2, 0.25) is 5.02 Å². The summed E-state index contributed by atoms with van der Waals surface area (Å²) < 4.78 is 11.1. The molecule has 0 saturated carbocycles. The average Bonchev–Trinajstić information content (AvgIpc) is 3.21. The lowest BCUT2D eigenvalue weighted by molar-refractivity contribution is 0.415. The minimum Gasteiger partial charge on any atom is -0.497 e. The summed E-state index contributed by atoms with van der Waals surface area (Å²) in [6.45, 7) is 0. The fraction of sp³-hybridized carbons (Fsp3) is 0.0556. The Labute approximate surface area is 137 Å². The minimum atomic E-state index is 0.685. The van der Waals surface area contributed by atoms with Crippen molar-refractivity contribution < 1.29 is 9.15 Å². The minimum absolute atomic E-state index is 0.685. The highest BCUT2D eigenvalue weighted by atomic mass is 35.5. The number of rotatable bonds is 3. The van der Waals surface area contributed by atoms with E-state index >= 15 is 0 Å². The Morgan fingerprint density at radius 1 is 1.00 bits per heavy atom. The van der Waals surface area contributed by atoms with Crippen LogP contribution >= 0.6 is 11.6 Å². The largest absolute Gasteiger partial charge is 0.497 e. The molecule has 0 saturated heterocycles. The lowest BCUT2D eigenvalue weighted by atomic mass is 10.2. The van der Waals surface area contributed by atoms with Crippen molar-refractivity contribution in [1.29, 1.82) is 0 Å². The van der Waals surface area contributed by atoms with Crippen molar-refractivity contribution in [3.05, 3.63) is 59.6 Å². The Morgan fingerprint density at radius 2 is 1.78 bits per heavy atom. The molecule has 0 atom stereocenters. The first-order valence-corrected chi connectivity index (χ1v) is 7.50. The first-order valence-electron chi connectivity index (χ1n) is 7.13. The molecule has 0 bridgehead atoms. The maximum Gasteiger partial charge on any atom is 0.174 e. The molecule has 0 radical (unpaired) electrons. The van der Waals surface area contributed by atoms with Crippen LogP contribution in [0.15, 0.2) is 59.0 Å². The lowest BCUT2D eigenvalue weighted by Crippen LogP contribution is -1.81. The molecule has 4 rings (SSSR count). The number of aromatic amines is 1. The van der Waals surface area contributed by atoms with Crippen LogP contribution in [0.25, 0.3) is 33.9 Å². The highest BCUT2D eigenvalue weighted by molar-refractivity contribution is 6.30. The van der Waals surface area contributed by atoms with Gasteiger partial charge >= 0.3 is 0 Å². The van der Waals surface area contributed by atoms with Crippen LogP contribution in [0.1, 0.15) is 0 Å². The fourth-order valence-corrected chi connectivity index (χ4v) is 2.59. The molecule has 0 spiro atoms. The van der Waals surface area contributed by atoms with Gasteiger partial charge in [0, 0.05) is 16.7 Å². The number of hydrogen-bond acceptors (Lipinski definition) is 3. The molecule has 0 aliphatic rings. The third kappa shape index (κ3) is 2.58. The first kappa shape index (κ1) is 13.9. The number of nitrogens with one attached hydrogen (secondary N) is 1. The summed E-state index contributed by atoms with van der Waals surface area (Å²) in [6, 6.07) is 17.1. The first-order chi connectivity index (χ1) is 11.2. The van der Waals surface area contributed by atoms with Crippen molar-refractivity contribution in [3.8, 4) is 28.7 Å². The standard InChI is InChI=1S/C18H13ClN2O2/c1-22-13-6-7-14-15(10-13)21-18(20-14)17-9-8-16(23-17)11-2-4-12(19)5-3-11/h2-10H,1H3,(H,20,21). The second kappa shape index (κ2) is 5.48. The Bertz CT molecular complexity index is 970. The third-order valence-electron chi connectivity index (χ3n) is 3.66. The number of fused-ring (bicyclic) bond motifs is 1. The molecule has 23 heavy (non-hydrogen) atoms. The van der Waals surface area contributed by atoms with Gasteiger partial charge in [-0.05, 0) is 48.5 Å². The van der Waals surface area contributed by atoms with Crippen molar-refractivity contribution >= 4 is 22.6 Å². The van der Waals surface area contributed by atoms with Gasteiger partial charge in [-0.25, -0.2) is 4.98 Å². The van der Waals surface area contributed by atoms with Gasteiger partial charge in [0.05, 0.1) is 18.1 Å². The lowest BCUT2D eigenvalue weighted by Gasteiger charge is -1.97. The molecule has 114 valence electrons. The predicted octanol–water partition coefficient (Wildman–Crippen LogP) is 5.15. The van der Waals surface area contributed by atoms with E-state index in [1.165, 1.54) is 0 Å². The summed E-state index contributed by atoms with van der Waals surface area (Å²) in [6.07, 6.45) is 0. The molecule has 2 aromatic carbocycles. The van der Waals surface area contributed by atoms with E-state index < -0.39 is 0 Å². The van der Waals surface area contributed by atoms with E-state index in [4.69, 9.17) is 20.8 Å². The predicted molar refractivity (Wildman–Crippen MR) is 90.8 cm³/mol. The topological polar surface area (TPSA) is 51.1 Å². The zero-order valence-electron chi connectivity index (χ0n) is 12.3. The number of furan rings is 1. The number of halogens is 1. The van der Waals surface area contributed by atoms with Crippen molar-refractivity contribution in [2.45, 2.75) is 0 Å². The van der Waals surface area contributed by atoms with E-state index in [2.05, 4.69) is 9.97 Å². The van der Waals surface area contributed by atoms with Crippen LogP contribution in [0.4, 0.5) is 0 Å². The molecule has 2 aromatic heterocycles. The van der Waals surface area contributed by atoms with Crippen molar-refractivity contribution in [2.75, 3.05) is 7.11 Å². The highest BCUT2D eigenvalue weighted by Gasteiger charge is 2.11. The fourth-order valence-electron chi connectivity index (χ4n) is 2.47. The summed E-state index contributed by atoms with van der Waals surface area (Å²) in [7, 11) is 1.64. The molecule has 4 aromatic rings. The van der Waals surface area contributed by atoms with Gasteiger partial charge in [0.1, 0.15) is 11.5 Å². The number of benzene rings is 2. The Morgan fingerprint density at radius 3 is 2.57 bits per heavy atom. The van der Waals surface area contributed by atoms with E-state index in [9.17, 15) is 0 Å². The maximum absolute atomic E-state index is 5.91. The molecule has 5 heteroatoms. The van der Waals surface area contributed by atoms with Crippen LogP contribution < -0.4 is 4.74 Å². The van der Waals surface area contributed by atoms with Gasteiger partial charge in [0.2, 0.25) is 0 Å². The van der Waals surface area contributed by atoms with E-state index in [0.717, 1.165) is 28.1 Å². The zero-order chi connectivity index (χ0) is 15.8. The van der Waals surface area contributed by atoms with Crippen LogP contribution in [0.3, 0.4) is 0 Å². The number of nitrogens with zero attached hydrogens (tertiary/aromatic N) is 1. The number of methoxy groups -OCH3 is 1. The Hall–Kier alpha value is -2.72. The van der Waals surface area contributed by atoms with Gasteiger partial charge in [-0.15, -0.1) is 0 Å². The van der Waals surface area contributed by atoms with E-state index in [1.807, 2.05) is 54.6 Å². The zero-order valence-corrected chi connectivity index (χ0v) is 13.1. The number of aromatic nitrogens is 2. The maximum atomic E-state index is 5.91. The molecule has 4 nitrogen and oxygen atoms in total. The molecule has 0 aliphatic heterocycles. The van der Waals surface area contributed by atoms with Crippen molar-refractivity contribution in [2.24, 2.45) is 0 Å². The number of hydrogen-bond donors (Lipinski definition) is 1. The normalized spacial score (nSPS) is 11.0. The van der Waals surface area contributed by atoms with Crippen LogP contribution in [-0.4, -0.2) is 17.1 Å². The van der Waals surface area contributed by atoms with Gasteiger partial charge in [-0.2, -0.15) is 0 Å². The Kier molecular flexibility index (Phi) is 3.32. The molecular formula is C18H13ClN2O2. The summed E-state index contributed by atoms with van der Waals surface area (Å²) in [4.78, 5) is 7.81. The summed E-state index contributed by atoms with van der Waals surface area (Å²) in [5.41, 5.74) is 2.74. The summed E-state index contributed by atoms with van der Waals surface area (Å²) in [5, 5.41) is 0.701. The molecule has 2 heterocycles. The van der Waals surface area contributed by atoms with Gasteiger partial charge in [0.15, 0.2) is 11.6 Å². The van der Waals surface area contributed by atoms with Crippen LogP contribution in [0.5, 0.6) is 5.75 Å². The average molecular weight is 325 g/mol. The Balaban J connectivity index is 1.72. The number of imidazole rings is 1. The van der Waals surface area contributed by atoms with Crippen LogP contribution in [0, 0.1) is 0 Å². The van der Waals surface area contributed by atoms with Gasteiger partial charge < -0.3 is 14.1 Å². The van der Waals surface area contributed by atoms with Gasteiger partial charge in [0.25, 0.3) is 0 Å². The van der Waals surface area contributed by atoms with E-state index in [0.29, 0.717) is 16.6 Å². The van der Waals surface area contributed by atoms with Gasteiger partial charge in [-0.3, -0.25) is 0 Å². The molecule has 0 unspecified atom stereocenters. The van der Waals surface area contributed by atoms with Crippen molar-refractivity contribution in [1.82, 2.24) is 9.97 Å². The second-order valence-corrected chi connectivity index (χ2v) is 5.58.